The molecule has 0 spiro atoms. The van der Waals surface area contributed by atoms with Crippen LogP contribution in [0.5, 0.6) is 0 Å². The van der Waals surface area contributed by atoms with E-state index in [1.807, 2.05) is 12.1 Å². The number of carbonyl (C=O) groups excluding carboxylic acids is 2. The lowest BCUT2D eigenvalue weighted by Gasteiger charge is -2.40. The molecule has 0 saturated carbocycles. The summed E-state index contributed by atoms with van der Waals surface area (Å²) in [5.41, 5.74) is 1.07. The van der Waals surface area contributed by atoms with Gasteiger partial charge in [-0.2, -0.15) is 18.3 Å². The number of hydrogen-bond acceptors (Lipinski definition) is 4. The molecule has 0 saturated heterocycles. The summed E-state index contributed by atoms with van der Waals surface area (Å²) in [6.07, 6.45) is -4.88. The first-order chi connectivity index (χ1) is 13.7. The van der Waals surface area contributed by atoms with Crippen molar-refractivity contribution in [3.05, 3.63) is 36.0 Å². The minimum absolute atomic E-state index is 0.112. The number of para-hydroxylation sites is 1. The standard InChI is InChI=1S/C19H19F3N4O2S/c1-11-7-16-25(15(19(20,21)22)8-12(2)26(16)23-11)17(27)9-24-13-5-3-4-6-14(13)29-10-18(24)28/h3-7,12,15H,8-10H2,1-2H3/t12-,15+/m1/s1. The van der Waals surface area contributed by atoms with Crippen LogP contribution >= 0.6 is 11.8 Å². The lowest BCUT2D eigenvalue weighted by atomic mass is 10.0. The molecule has 154 valence electrons. The topological polar surface area (TPSA) is 58.4 Å². The second-order valence-electron chi connectivity index (χ2n) is 7.23. The summed E-state index contributed by atoms with van der Waals surface area (Å²) in [6.45, 7) is 2.87. The number of amides is 2. The number of benzene rings is 1. The van der Waals surface area contributed by atoms with E-state index >= 15 is 0 Å². The highest BCUT2D eigenvalue weighted by Crippen LogP contribution is 2.40. The van der Waals surface area contributed by atoms with Crippen LogP contribution in [0, 0.1) is 6.92 Å². The summed E-state index contributed by atoms with van der Waals surface area (Å²) < 4.78 is 42.9. The molecule has 0 fully saturated rings. The van der Waals surface area contributed by atoms with Gasteiger partial charge in [0, 0.05) is 11.0 Å². The minimum Gasteiger partial charge on any atom is -0.301 e. The number of hydrogen-bond donors (Lipinski definition) is 0. The number of rotatable bonds is 2. The summed E-state index contributed by atoms with van der Waals surface area (Å²) in [4.78, 5) is 28.4. The highest BCUT2D eigenvalue weighted by molar-refractivity contribution is 8.00. The smallest absolute Gasteiger partial charge is 0.301 e. The van der Waals surface area contributed by atoms with E-state index in [1.54, 1.807) is 26.0 Å². The molecule has 2 aliphatic heterocycles. The summed E-state index contributed by atoms with van der Waals surface area (Å²) in [5, 5.41) is 4.25. The maximum atomic E-state index is 13.8. The normalized spacial score (nSPS) is 21.8. The number of fused-ring (bicyclic) bond motifs is 2. The zero-order chi connectivity index (χ0) is 20.9. The number of aryl methyl sites for hydroxylation is 1. The van der Waals surface area contributed by atoms with Gasteiger partial charge in [0.05, 0.1) is 23.2 Å². The summed E-state index contributed by atoms with van der Waals surface area (Å²) in [7, 11) is 0. The van der Waals surface area contributed by atoms with Crippen molar-refractivity contribution in [2.24, 2.45) is 0 Å². The number of thioether (sulfide) groups is 1. The summed E-state index contributed by atoms with van der Waals surface area (Å²) in [6, 6.07) is 6.09. The van der Waals surface area contributed by atoms with Crippen molar-refractivity contribution >= 4 is 35.1 Å². The van der Waals surface area contributed by atoms with Crippen molar-refractivity contribution in [3.63, 3.8) is 0 Å². The zero-order valence-electron chi connectivity index (χ0n) is 15.8. The van der Waals surface area contributed by atoms with Crippen LogP contribution in [0.2, 0.25) is 0 Å². The molecule has 3 heterocycles. The number of aromatic nitrogens is 2. The van der Waals surface area contributed by atoms with Crippen molar-refractivity contribution < 1.29 is 22.8 Å². The third kappa shape index (κ3) is 3.50. The van der Waals surface area contributed by atoms with Crippen molar-refractivity contribution in [2.45, 2.75) is 43.4 Å². The van der Waals surface area contributed by atoms with Gasteiger partial charge in [-0.25, -0.2) is 4.68 Å². The first-order valence-electron chi connectivity index (χ1n) is 9.14. The van der Waals surface area contributed by atoms with E-state index in [0.717, 1.165) is 9.80 Å². The molecule has 0 N–H and O–H groups in total. The van der Waals surface area contributed by atoms with E-state index in [4.69, 9.17) is 0 Å². The molecule has 6 nitrogen and oxygen atoms in total. The number of anilines is 2. The number of alkyl halides is 3. The lowest BCUT2D eigenvalue weighted by Crippen LogP contribution is -2.56. The molecule has 0 bridgehead atoms. The Morgan fingerprint density at radius 2 is 2.03 bits per heavy atom. The Hall–Kier alpha value is -2.49. The Morgan fingerprint density at radius 1 is 1.31 bits per heavy atom. The molecule has 2 aromatic rings. The predicted molar refractivity (Wildman–Crippen MR) is 103 cm³/mol. The molecule has 29 heavy (non-hydrogen) atoms. The molecule has 10 heteroatoms. The van der Waals surface area contributed by atoms with E-state index in [-0.39, 0.29) is 23.9 Å². The van der Waals surface area contributed by atoms with Gasteiger partial charge in [-0.05, 0) is 32.4 Å². The molecular formula is C19H19F3N4O2S. The van der Waals surface area contributed by atoms with E-state index in [0.29, 0.717) is 11.4 Å². The van der Waals surface area contributed by atoms with Crippen LogP contribution in [-0.4, -0.2) is 46.1 Å². The van der Waals surface area contributed by atoms with E-state index in [9.17, 15) is 22.8 Å². The number of halogens is 3. The van der Waals surface area contributed by atoms with Crippen LogP contribution in [0.1, 0.15) is 25.1 Å². The first-order valence-corrected chi connectivity index (χ1v) is 10.1. The van der Waals surface area contributed by atoms with Crippen molar-refractivity contribution in [1.82, 2.24) is 9.78 Å². The Bertz CT molecular complexity index is 975. The summed E-state index contributed by atoms with van der Waals surface area (Å²) >= 11 is 1.35. The van der Waals surface area contributed by atoms with Crippen LogP contribution in [-0.2, 0) is 9.59 Å². The van der Waals surface area contributed by atoms with Crippen molar-refractivity contribution in [1.29, 1.82) is 0 Å². The van der Waals surface area contributed by atoms with Gasteiger partial charge < -0.3 is 4.90 Å². The third-order valence-electron chi connectivity index (χ3n) is 5.13. The number of carbonyl (C=O) groups is 2. The van der Waals surface area contributed by atoms with Crippen LogP contribution in [0.15, 0.2) is 35.2 Å². The van der Waals surface area contributed by atoms with Gasteiger partial charge in [0.2, 0.25) is 11.8 Å². The molecule has 2 atom stereocenters. The fourth-order valence-electron chi connectivity index (χ4n) is 3.82. The van der Waals surface area contributed by atoms with Gasteiger partial charge in [0.15, 0.2) is 0 Å². The zero-order valence-corrected chi connectivity index (χ0v) is 16.6. The largest absolute Gasteiger partial charge is 0.409 e. The van der Waals surface area contributed by atoms with Gasteiger partial charge >= 0.3 is 6.18 Å². The molecule has 1 aromatic heterocycles. The maximum absolute atomic E-state index is 13.8. The van der Waals surface area contributed by atoms with Gasteiger partial charge in [0.25, 0.3) is 0 Å². The molecule has 1 aromatic carbocycles. The Morgan fingerprint density at radius 3 is 2.76 bits per heavy atom. The molecule has 4 rings (SSSR count). The van der Waals surface area contributed by atoms with Crippen LogP contribution in [0.25, 0.3) is 0 Å². The molecule has 0 aliphatic carbocycles. The van der Waals surface area contributed by atoms with E-state index < -0.39 is 30.7 Å². The first kappa shape index (κ1) is 19.8. The maximum Gasteiger partial charge on any atom is 0.409 e. The van der Waals surface area contributed by atoms with Crippen LogP contribution in [0.4, 0.5) is 24.7 Å². The lowest BCUT2D eigenvalue weighted by molar-refractivity contribution is -0.158. The summed E-state index contributed by atoms with van der Waals surface area (Å²) in [5.74, 6) is -0.835. The van der Waals surface area contributed by atoms with Crippen molar-refractivity contribution in [2.75, 3.05) is 22.1 Å². The molecule has 0 unspecified atom stereocenters. The molecule has 2 aliphatic rings. The second kappa shape index (κ2) is 7.08. The third-order valence-corrected chi connectivity index (χ3v) is 6.17. The average Bonchev–Trinajstić information content (AvgIpc) is 3.05. The minimum atomic E-state index is -4.59. The van der Waals surface area contributed by atoms with Gasteiger partial charge in [-0.1, -0.05) is 12.1 Å². The number of nitrogens with zero attached hydrogens (tertiary/aromatic N) is 4. The predicted octanol–water partition coefficient (Wildman–Crippen LogP) is 3.56. The SMILES string of the molecule is Cc1cc2n(n1)[C@H](C)C[C@@H](C(F)(F)F)N2C(=O)CN1C(=O)CSc2ccccc21. The van der Waals surface area contributed by atoms with Gasteiger partial charge in [-0.3, -0.25) is 14.5 Å². The average molecular weight is 424 g/mol. The monoisotopic (exact) mass is 424 g/mol. The molecule has 0 radical (unpaired) electrons. The van der Waals surface area contributed by atoms with Gasteiger partial charge in [-0.15, -0.1) is 11.8 Å². The molecule has 2 amide bonds. The second-order valence-corrected chi connectivity index (χ2v) is 8.25. The van der Waals surface area contributed by atoms with Gasteiger partial charge in [0.1, 0.15) is 18.4 Å². The highest BCUT2D eigenvalue weighted by Gasteiger charge is 2.50. The Labute approximate surface area is 169 Å². The van der Waals surface area contributed by atoms with E-state index in [1.165, 1.54) is 27.4 Å². The van der Waals surface area contributed by atoms with Crippen LogP contribution < -0.4 is 9.80 Å². The fraction of sp³-hybridized carbons (Fsp3) is 0.421. The van der Waals surface area contributed by atoms with E-state index in [2.05, 4.69) is 5.10 Å². The molecular weight excluding hydrogens is 405 g/mol. The Balaban J connectivity index is 1.71. The quantitative estimate of drug-likeness (QED) is 0.740. The van der Waals surface area contributed by atoms with Crippen molar-refractivity contribution in [3.8, 4) is 0 Å². The Kier molecular flexibility index (Phi) is 4.84. The van der Waals surface area contributed by atoms with Crippen LogP contribution in [0.3, 0.4) is 0 Å². The fourth-order valence-corrected chi connectivity index (χ4v) is 4.75. The highest BCUT2D eigenvalue weighted by atomic mass is 32.2.